The van der Waals surface area contributed by atoms with Crippen LogP contribution in [0, 0.1) is 22.5 Å². The summed E-state index contributed by atoms with van der Waals surface area (Å²) in [6.45, 7) is 4.50. The van der Waals surface area contributed by atoms with Crippen LogP contribution in [0.25, 0.3) is 0 Å². The zero-order valence-corrected chi connectivity index (χ0v) is 12.2. The van der Waals surface area contributed by atoms with Crippen LogP contribution < -0.4 is 4.90 Å². The van der Waals surface area contributed by atoms with Crippen LogP contribution in [0.1, 0.15) is 31.7 Å². The lowest BCUT2D eigenvalue weighted by Gasteiger charge is -2.24. The Hall–Kier alpha value is -2.18. The van der Waals surface area contributed by atoms with Gasteiger partial charge in [-0.3, -0.25) is 14.9 Å². The number of aliphatic carboxylic acids is 1. The van der Waals surface area contributed by atoms with Crippen LogP contribution in [-0.2, 0) is 4.79 Å². The fraction of sp³-hybridized carbons (Fsp3) is 0.571. The van der Waals surface area contributed by atoms with E-state index in [0.717, 1.165) is 6.42 Å². The van der Waals surface area contributed by atoms with Crippen molar-refractivity contribution in [2.24, 2.45) is 5.41 Å². The quantitative estimate of drug-likeness (QED) is 0.661. The Morgan fingerprint density at radius 1 is 1.62 bits per heavy atom. The molecule has 0 aromatic carbocycles. The van der Waals surface area contributed by atoms with Crippen LogP contribution in [0.4, 0.5) is 11.5 Å². The summed E-state index contributed by atoms with van der Waals surface area (Å²) in [5.74, 6) is -0.319. The fourth-order valence-corrected chi connectivity index (χ4v) is 2.90. The van der Waals surface area contributed by atoms with Crippen LogP contribution in [0.3, 0.4) is 0 Å². The molecule has 1 unspecified atom stereocenters. The molecule has 1 atom stereocenters. The first-order chi connectivity index (χ1) is 9.89. The number of carboxylic acids is 1. The van der Waals surface area contributed by atoms with Crippen LogP contribution in [0.2, 0.25) is 0 Å². The molecule has 2 rings (SSSR count). The highest BCUT2D eigenvalue weighted by Crippen LogP contribution is 2.38. The van der Waals surface area contributed by atoms with Gasteiger partial charge in [0, 0.05) is 24.8 Å². The molecule has 1 fully saturated rings. The van der Waals surface area contributed by atoms with Crippen molar-refractivity contribution < 1.29 is 14.8 Å². The predicted molar refractivity (Wildman–Crippen MR) is 77.4 cm³/mol. The van der Waals surface area contributed by atoms with E-state index in [1.165, 1.54) is 12.3 Å². The summed E-state index contributed by atoms with van der Waals surface area (Å²) in [5.41, 5.74) is -0.250. The Morgan fingerprint density at radius 2 is 2.33 bits per heavy atom. The zero-order chi connectivity index (χ0) is 15.6. The fourth-order valence-electron chi connectivity index (χ4n) is 2.90. The van der Waals surface area contributed by atoms with Gasteiger partial charge in [0.15, 0.2) is 0 Å². The van der Waals surface area contributed by atoms with Gasteiger partial charge in [-0.05, 0) is 19.8 Å². The van der Waals surface area contributed by atoms with Gasteiger partial charge in [0.25, 0.3) is 5.69 Å². The average Bonchev–Trinajstić information content (AvgIpc) is 2.85. The molecule has 1 aromatic rings. The van der Waals surface area contributed by atoms with E-state index in [2.05, 4.69) is 4.98 Å². The van der Waals surface area contributed by atoms with Crippen LogP contribution in [0.5, 0.6) is 0 Å². The van der Waals surface area contributed by atoms with Crippen molar-refractivity contribution in [2.45, 2.75) is 33.1 Å². The minimum Gasteiger partial charge on any atom is -0.481 e. The molecule has 1 aliphatic rings. The number of rotatable bonds is 5. The molecule has 1 saturated heterocycles. The molecule has 7 nitrogen and oxygen atoms in total. The molecule has 0 spiro atoms. The second-order valence-electron chi connectivity index (χ2n) is 5.59. The van der Waals surface area contributed by atoms with E-state index in [1.807, 2.05) is 11.8 Å². The number of hydrogen-bond donors (Lipinski definition) is 1. The first-order valence-electron chi connectivity index (χ1n) is 6.99. The summed E-state index contributed by atoms with van der Waals surface area (Å²) < 4.78 is 0. The van der Waals surface area contributed by atoms with E-state index in [-0.39, 0.29) is 5.69 Å². The Bertz CT molecular complexity index is 575. The largest absolute Gasteiger partial charge is 0.481 e. The van der Waals surface area contributed by atoms with E-state index in [0.29, 0.717) is 37.3 Å². The first-order valence-corrected chi connectivity index (χ1v) is 6.99. The molecular formula is C14H19N3O4. The van der Waals surface area contributed by atoms with Gasteiger partial charge in [-0.2, -0.15) is 0 Å². The number of nitro groups is 1. The van der Waals surface area contributed by atoms with Gasteiger partial charge < -0.3 is 10.0 Å². The van der Waals surface area contributed by atoms with E-state index in [4.69, 9.17) is 0 Å². The molecule has 0 aliphatic carbocycles. The third-order valence-corrected chi connectivity index (χ3v) is 4.12. The van der Waals surface area contributed by atoms with Crippen LogP contribution in [-0.4, -0.2) is 34.1 Å². The third kappa shape index (κ3) is 2.81. The minimum absolute atomic E-state index is 0.0170. The highest BCUT2D eigenvalue weighted by molar-refractivity contribution is 5.76. The van der Waals surface area contributed by atoms with Crippen molar-refractivity contribution in [3.05, 3.63) is 27.9 Å². The SMILES string of the molecule is CCCC1(C(=O)O)CCN(c2cc([N+](=O)[O-])c(C)cn2)C1. The van der Waals surface area contributed by atoms with Gasteiger partial charge in [0.1, 0.15) is 5.82 Å². The van der Waals surface area contributed by atoms with Crippen molar-refractivity contribution in [1.82, 2.24) is 4.98 Å². The van der Waals surface area contributed by atoms with Gasteiger partial charge >= 0.3 is 5.97 Å². The minimum atomic E-state index is -0.798. The normalized spacial score (nSPS) is 21.5. The number of nitrogens with zero attached hydrogens (tertiary/aromatic N) is 3. The third-order valence-electron chi connectivity index (χ3n) is 4.12. The number of hydrogen-bond acceptors (Lipinski definition) is 5. The molecular weight excluding hydrogens is 274 g/mol. The maximum Gasteiger partial charge on any atom is 0.311 e. The van der Waals surface area contributed by atoms with Crippen molar-refractivity contribution >= 4 is 17.5 Å². The number of carboxylic acid groups (broad SMARTS) is 1. The van der Waals surface area contributed by atoms with E-state index in [9.17, 15) is 20.0 Å². The summed E-state index contributed by atoms with van der Waals surface area (Å²) >= 11 is 0. The molecule has 0 bridgehead atoms. The molecule has 2 heterocycles. The van der Waals surface area contributed by atoms with Gasteiger partial charge in [-0.25, -0.2) is 4.98 Å². The monoisotopic (exact) mass is 293 g/mol. The standard InChI is InChI=1S/C14H19N3O4/c1-3-4-14(13(18)19)5-6-16(9-14)12-7-11(17(20)21)10(2)8-15-12/h7-8H,3-6,9H2,1-2H3,(H,18,19). The molecule has 1 N–H and O–H groups in total. The molecule has 7 heteroatoms. The lowest BCUT2D eigenvalue weighted by atomic mass is 9.83. The van der Waals surface area contributed by atoms with Crippen LogP contribution >= 0.6 is 0 Å². The maximum atomic E-state index is 11.6. The lowest BCUT2D eigenvalue weighted by molar-refractivity contribution is -0.385. The highest BCUT2D eigenvalue weighted by Gasteiger charge is 2.44. The van der Waals surface area contributed by atoms with Gasteiger partial charge in [0.2, 0.25) is 0 Å². The molecule has 21 heavy (non-hydrogen) atoms. The Morgan fingerprint density at radius 3 is 2.90 bits per heavy atom. The molecule has 1 aromatic heterocycles. The number of carbonyl (C=O) groups is 1. The van der Waals surface area contributed by atoms with Gasteiger partial charge in [-0.1, -0.05) is 13.3 Å². The molecule has 0 radical (unpaired) electrons. The summed E-state index contributed by atoms with van der Waals surface area (Å²) in [6, 6.07) is 1.43. The Labute approximate surface area is 122 Å². The number of pyridine rings is 1. The second kappa shape index (κ2) is 5.67. The average molecular weight is 293 g/mol. The zero-order valence-electron chi connectivity index (χ0n) is 12.2. The van der Waals surface area contributed by atoms with Gasteiger partial charge in [0.05, 0.1) is 16.4 Å². The van der Waals surface area contributed by atoms with E-state index < -0.39 is 16.3 Å². The molecule has 0 amide bonds. The predicted octanol–water partition coefficient (Wildman–Crippen LogP) is 2.38. The van der Waals surface area contributed by atoms with Crippen LogP contribution in [0.15, 0.2) is 12.3 Å². The number of anilines is 1. The van der Waals surface area contributed by atoms with Gasteiger partial charge in [-0.15, -0.1) is 0 Å². The molecule has 1 aliphatic heterocycles. The molecule has 0 saturated carbocycles. The second-order valence-corrected chi connectivity index (χ2v) is 5.59. The maximum absolute atomic E-state index is 11.6. The van der Waals surface area contributed by atoms with E-state index in [1.54, 1.807) is 6.92 Å². The highest BCUT2D eigenvalue weighted by atomic mass is 16.6. The van der Waals surface area contributed by atoms with Crippen molar-refractivity contribution in [3.63, 3.8) is 0 Å². The van der Waals surface area contributed by atoms with Crippen molar-refractivity contribution in [1.29, 1.82) is 0 Å². The van der Waals surface area contributed by atoms with Crippen molar-refractivity contribution in [2.75, 3.05) is 18.0 Å². The Balaban J connectivity index is 2.27. The summed E-state index contributed by atoms with van der Waals surface area (Å²) in [7, 11) is 0. The smallest absolute Gasteiger partial charge is 0.311 e. The molecule has 114 valence electrons. The first kappa shape index (κ1) is 15.2. The summed E-state index contributed by atoms with van der Waals surface area (Å²) in [6.07, 6.45) is 3.40. The lowest BCUT2D eigenvalue weighted by Crippen LogP contribution is -2.34. The van der Waals surface area contributed by atoms with Crippen molar-refractivity contribution in [3.8, 4) is 0 Å². The Kier molecular flexibility index (Phi) is 4.11. The summed E-state index contributed by atoms with van der Waals surface area (Å²) in [4.78, 5) is 28.2. The number of aryl methyl sites for hydroxylation is 1. The topological polar surface area (TPSA) is 96.6 Å². The van der Waals surface area contributed by atoms with E-state index >= 15 is 0 Å². The summed E-state index contributed by atoms with van der Waals surface area (Å²) in [5, 5.41) is 20.5. The number of aromatic nitrogens is 1.